The number of hydrogen-bond acceptors (Lipinski definition) is 5. The highest BCUT2D eigenvalue weighted by Gasteiger charge is 2.11. The first kappa shape index (κ1) is 18.2. The number of rotatable bonds is 6. The molecule has 0 atom stereocenters. The average Bonchev–Trinajstić information content (AvgIpc) is 2.70. The zero-order chi connectivity index (χ0) is 19.2. The Hall–Kier alpha value is -3.55. The zero-order valence-corrected chi connectivity index (χ0v) is 14.4. The number of ether oxygens (including phenoxy) is 1. The van der Waals surface area contributed by atoms with E-state index in [1.165, 1.54) is 18.5 Å². The minimum absolute atomic E-state index is 0.0898. The van der Waals surface area contributed by atoms with Gasteiger partial charge in [0.05, 0.1) is 7.11 Å². The average molecular weight is 370 g/mol. The number of anilines is 2. The molecule has 1 aromatic heterocycles. The Labute approximate surface area is 154 Å². The van der Waals surface area contributed by atoms with Crippen LogP contribution in [0.3, 0.4) is 0 Å². The summed E-state index contributed by atoms with van der Waals surface area (Å²) >= 11 is 0. The maximum atomic E-state index is 13.2. The molecule has 0 aliphatic heterocycles. The highest BCUT2D eigenvalue weighted by atomic mass is 19.2. The molecule has 1 amide bonds. The van der Waals surface area contributed by atoms with Crippen molar-refractivity contribution < 1.29 is 18.3 Å². The van der Waals surface area contributed by atoms with Crippen LogP contribution in [0.5, 0.6) is 5.75 Å². The number of nitrogens with one attached hydrogen (secondary N) is 2. The molecule has 0 fully saturated rings. The quantitative estimate of drug-likeness (QED) is 0.693. The lowest BCUT2D eigenvalue weighted by Crippen LogP contribution is -2.15. The van der Waals surface area contributed by atoms with E-state index in [1.807, 2.05) is 24.3 Å². The van der Waals surface area contributed by atoms with Gasteiger partial charge in [0.15, 0.2) is 11.6 Å². The molecule has 3 rings (SSSR count). The van der Waals surface area contributed by atoms with Gasteiger partial charge in [0.25, 0.3) is 5.91 Å². The van der Waals surface area contributed by atoms with Crippen molar-refractivity contribution in [3.63, 3.8) is 0 Å². The molecule has 2 aromatic carbocycles. The Bertz CT molecular complexity index is 949. The van der Waals surface area contributed by atoms with E-state index in [9.17, 15) is 13.6 Å². The van der Waals surface area contributed by atoms with E-state index in [-0.39, 0.29) is 11.4 Å². The normalized spacial score (nSPS) is 10.3. The van der Waals surface area contributed by atoms with Gasteiger partial charge in [-0.2, -0.15) is 0 Å². The molecule has 0 aliphatic rings. The summed E-state index contributed by atoms with van der Waals surface area (Å²) in [6.07, 6.45) is 1.25. The van der Waals surface area contributed by atoms with Crippen molar-refractivity contribution in [1.82, 2.24) is 9.97 Å². The van der Waals surface area contributed by atoms with Crippen LogP contribution in [0.2, 0.25) is 0 Å². The predicted octanol–water partition coefficient (Wildman–Crippen LogP) is 3.63. The molecule has 8 heteroatoms. The second-order valence-corrected chi connectivity index (χ2v) is 5.57. The molecule has 0 spiro atoms. The van der Waals surface area contributed by atoms with Crippen LogP contribution in [0.1, 0.15) is 16.1 Å². The molecule has 0 bridgehead atoms. The summed E-state index contributed by atoms with van der Waals surface area (Å²) in [5, 5.41) is 5.55. The van der Waals surface area contributed by atoms with Gasteiger partial charge < -0.3 is 15.4 Å². The first-order valence-corrected chi connectivity index (χ1v) is 8.00. The van der Waals surface area contributed by atoms with E-state index in [4.69, 9.17) is 4.74 Å². The van der Waals surface area contributed by atoms with Crippen LogP contribution >= 0.6 is 0 Å². The number of carbonyl (C=O) groups is 1. The number of aromatic nitrogens is 2. The standard InChI is InChI=1S/C19H16F2N4O2/c1-27-14-5-2-12(3-6-14)10-22-18-9-17(23-11-24-18)19(26)25-13-4-7-15(20)16(21)8-13/h2-9,11H,10H2,1H3,(H,25,26)(H,22,23,24). The molecular formula is C19H16F2N4O2. The third-order valence-corrected chi connectivity index (χ3v) is 3.71. The molecule has 0 aliphatic carbocycles. The first-order valence-electron chi connectivity index (χ1n) is 8.00. The third kappa shape index (κ3) is 4.75. The largest absolute Gasteiger partial charge is 0.497 e. The molecule has 1 heterocycles. The fourth-order valence-corrected chi connectivity index (χ4v) is 2.28. The number of benzene rings is 2. The van der Waals surface area contributed by atoms with Crippen LogP contribution in [0.15, 0.2) is 54.9 Å². The van der Waals surface area contributed by atoms with Crippen molar-refractivity contribution in [2.45, 2.75) is 6.54 Å². The summed E-state index contributed by atoms with van der Waals surface area (Å²) in [6, 6.07) is 12.1. The second-order valence-electron chi connectivity index (χ2n) is 5.57. The molecule has 138 valence electrons. The Balaban J connectivity index is 1.65. The molecule has 2 N–H and O–H groups in total. The molecule has 0 saturated carbocycles. The summed E-state index contributed by atoms with van der Waals surface area (Å²) < 4.78 is 31.3. The number of halogens is 2. The number of hydrogen-bond donors (Lipinski definition) is 2. The fraction of sp³-hybridized carbons (Fsp3) is 0.105. The van der Waals surface area contributed by atoms with Crippen molar-refractivity contribution in [2.24, 2.45) is 0 Å². The Kier molecular flexibility index (Phi) is 5.55. The van der Waals surface area contributed by atoms with E-state index < -0.39 is 17.5 Å². The lowest BCUT2D eigenvalue weighted by Gasteiger charge is -2.08. The highest BCUT2D eigenvalue weighted by molar-refractivity contribution is 6.03. The fourth-order valence-electron chi connectivity index (χ4n) is 2.28. The van der Waals surface area contributed by atoms with Crippen LogP contribution in [0, 0.1) is 11.6 Å². The highest BCUT2D eigenvalue weighted by Crippen LogP contribution is 2.15. The predicted molar refractivity (Wildman–Crippen MR) is 96.7 cm³/mol. The number of carbonyl (C=O) groups excluding carboxylic acids is 1. The number of amides is 1. The van der Waals surface area contributed by atoms with E-state index in [1.54, 1.807) is 7.11 Å². The maximum absolute atomic E-state index is 13.2. The lowest BCUT2D eigenvalue weighted by atomic mass is 10.2. The molecular weight excluding hydrogens is 354 g/mol. The molecule has 0 radical (unpaired) electrons. The maximum Gasteiger partial charge on any atom is 0.274 e. The van der Waals surface area contributed by atoms with Gasteiger partial charge in [0.1, 0.15) is 23.6 Å². The summed E-state index contributed by atoms with van der Waals surface area (Å²) in [5.74, 6) is -1.37. The van der Waals surface area contributed by atoms with Crippen molar-refractivity contribution >= 4 is 17.4 Å². The lowest BCUT2D eigenvalue weighted by molar-refractivity contribution is 0.102. The van der Waals surface area contributed by atoms with E-state index in [0.29, 0.717) is 12.4 Å². The number of nitrogens with zero attached hydrogens (tertiary/aromatic N) is 2. The van der Waals surface area contributed by atoms with Crippen LogP contribution in [-0.2, 0) is 6.54 Å². The smallest absolute Gasteiger partial charge is 0.274 e. The van der Waals surface area contributed by atoms with Gasteiger partial charge in [-0.05, 0) is 29.8 Å². The van der Waals surface area contributed by atoms with Crippen LogP contribution in [0.25, 0.3) is 0 Å². The zero-order valence-electron chi connectivity index (χ0n) is 14.4. The van der Waals surface area contributed by atoms with E-state index in [0.717, 1.165) is 23.4 Å². The van der Waals surface area contributed by atoms with Gasteiger partial charge >= 0.3 is 0 Å². The van der Waals surface area contributed by atoms with Crippen LogP contribution < -0.4 is 15.4 Å². The molecule has 6 nitrogen and oxygen atoms in total. The molecule has 3 aromatic rings. The SMILES string of the molecule is COc1ccc(CNc2cc(C(=O)Nc3ccc(F)c(F)c3)ncn2)cc1. The molecule has 0 unspecified atom stereocenters. The van der Waals surface area contributed by atoms with Crippen molar-refractivity contribution in [2.75, 3.05) is 17.7 Å². The van der Waals surface area contributed by atoms with Crippen molar-refractivity contribution in [3.05, 3.63) is 77.8 Å². The van der Waals surface area contributed by atoms with Gasteiger partial charge in [-0.3, -0.25) is 4.79 Å². The monoisotopic (exact) mass is 370 g/mol. The van der Waals surface area contributed by atoms with Crippen LogP contribution in [-0.4, -0.2) is 23.0 Å². The Morgan fingerprint density at radius 3 is 2.52 bits per heavy atom. The first-order chi connectivity index (χ1) is 13.0. The van der Waals surface area contributed by atoms with E-state index >= 15 is 0 Å². The summed E-state index contributed by atoms with van der Waals surface area (Å²) in [5.41, 5.74) is 1.22. The second kappa shape index (κ2) is 8.22. The van der Waals surface area contributed by atoms with Crippen molar-refractivity contribution in [1.29, 1.82) is 0 Å². The number of methoxy groups -OCH3 is 1. The topological polar surface area (TPSA) is 76.1 Å². The summed E-state index contributed by atoms with van der Waals surface area (Å²) in [7, 11) is 1.60. The van der Waals surface area contributed by atoms with Crippen molar-refractivity contribution in [3.8, 4) is 5.75 Å². The van der Waals surface area contributed by atoms with E-state index in [2.05, 4.69) is 20.6 Å². The van der Waals surface area contributed by atoms with Gasteiger partial charge in [-0.15, -0.1) is 0 Å². The van der Waals surface area contributed by atoms with Gasteiger partial charge in [0.2, 0.25) is 0 Å². The Morgan fingerprint density at radius 2 is 1.81 bits per heavy atom. The summed E-state index contributed by atoms with van der Waals surface area (Å²) in [4.78, 5) is 20.2. The van der Waals surface area contributed by atoms with Gasteiger partial charge in [0, 0.05) is 24.4 Å². The minimum Gasteiger partial charge on any atom is -0.497 e. The summed E-state index contributed by atoms with van der Waals surface area (Å²) in [6.45, 7) is 0.491. The Morgan fingerprint density at radius 1 is 1.04 bits per heavy atom. The van der Waals surface area contributed by atoms with Crippen LogP contribution in [0.4, 0.5) is 20.3 Å². The van der Waals surface area contributed by atoms with Gasteiger partial charge in [-0.1, -0.05) is 12.1 Å². The molecule has 0 saturated heterocycles. The minimum atomic E-state index is -1.04. The third-order valence-electron chi connectivity index (χ3n) is 3.71. The molecule has 27 heavy (non-hydrogen) atoms. The van der Waals surface area contributed by atoms with Gasteiger partial charge in [-0.25, -0.2) is 18.7 Å².